The Hall–Kier alpha value is -0.850. The lowest BCUT2D eigenvalue weighted by atomic mass is 10.0. The third kappa shape index (κ3) is 2.63. The first-order valence-corrected chi connectivity index (χ1v) is 5.49. The van der Waals surface area contributed by atoms with E-state index in [2.05, 4.69) is 15.9 Å². The van der Waals surface area contributed by atoms with Gasteiger partial charge in [0, 0.05) is 5.33 Å². The average Bonchev–Trinajstić information content (AvgIpc) is 2.26. The Bertz CT molecular complexity index is 375. The summed E-state index contributed by atoms with van der Waals surface area (Å²) in [7, 11) is 0. The summed E-state index contributed by atoms with van der Waals surface area (Å²) < 4.78 is 26.3. The van der Waals surface area contributed by atoms with Gasteiger partial charge in [-0.15, -0.1) is 0 Å². The maximum atomic E-state index is 13.2. The number of rotatable bonds is 4. The van der Waals surface area contributed by atoms with Crippen LogP contribution in [-0.2, 0) is 0 Å². The van der Waals surface area contributed by atoms with Crippen LogP contribution in [0.3, 0.4) is 0 Å². The maximum Gasteiger partial charge on any atom is 0.155 e. The largest absolute Gasteiger partial charge is 0.389 e. The quantitative estimate of drug-likeness (QED) is 0.655. The van der Waals surface area contributed by atoms with Gasteiger partial charge in [-0.25, -0.2) is 8.78 Å². The molecule has 0 amide bonds. The zero-order valence-electron chi connectivity index (χ0n) is 8.03. The fourth-order valence-electron chi connectivity index (χ4n) is 1.19. The zero-order chi connectivity index (χ0) is 12.3. The number of halogens is 3. The molecule has 1 rings (SSSR count). The van der Waals surface area contributed by atoms with Crippen molar-refractivity contribution in [2.75, 3.05) is 5.33 Å². The number of hydrogen-bond acceptors (Lipinski definition) is 3. The van der Waals surface area contributed by atoms with Crippen molar-refractivity contribution in [2.24, 2.45) is 0 Å². The van der Waals surface area contributed by atoms with E-state index in [1.807, 2.05) is 0 Å². The average molecular weight is 295 g/mol. The van der Waals surface area contributed by atoms with Crippen molar-refractivity contribution < 1.29 is 23.8 Å². The van der Waals surface area contributed by atoms with Gasteiger partial charge in [-0.05, 0) is 17.7 Å². The Morgan fingerprint density at radius 3 is 2.19 bits per heavy atom. The molecule has 0 saturated heterocycles. The van der Waals surface area contributed by atoms with Crippen molar-refractivity contribution in [3.05, 3.63) is 34.9 Å². The van der Waals surface area contributed by atoms with Gasteiger partial charge in [-0.3, -0.25) is 4.79 Å². The lowest BCUT2D eigenvalue weighted by molar-refractivity contribution is 0.0339. The molecule has 1 aromatic rings. The second-order valence-corrected chi connectivity index (χ2v) is 3.83. The summed E-state index contributed by atoms with van der Waals surface area (Å²) in [5.74, 6) is -2.13. The van der Waals surface area contributed by atoms with Gasteiger partial charge < -0.3 is 10.2 Å². The molecule has 0 saturated carbocycles. The number of aliphatic hydroxyl groups is 2. The van der Waals surface area contributed by atoms with Crippen LogP contribution in [0.1, 0.15) is 22.0 Å². The first-order chi connectivity index (χ1) is 7.51. The van der Waals surface area contributed by atoms with Crippen LogP contribution in [0.5, 0.6) is 0 Å². The van der Waals surface area contributed by atoms with E-state index < -0.39 is 29.4 Å². The summed E-state index contributed by atoms with van der Waals surface area (Å²) >= 11 is 2.92. The molecule has 0 heterocycles. The van der Waals surface area contributed by atoms with Gasteiger partial charge in [0.1, 0.15) is 17.7 Å². The Morgan fingerprint density at radius 2 is 1.81 bits per heavy atom. The third-order valence-electron chi connectivity index (χ3n) is 2.08. The second kappa shape index (κ2) is 5.47. The van der Waals surface area contributed by atoms with Gasteiger partial charge in [0.15, 0.2) is 6.29 Å². The number of aldehydes is 1. The molecule has 2 unspecified atom stereocenters. The molecule has 16 heavy (non-hydrogen) atoms. The van der Waals surface area contributed by atoms with Crippen LogP contribution in [0, 0.1) is 11.6 Å². The fourth-order valence-corrected chi connectivity index (χ4v) is 1.55. The first kappa shape index (κ1) is 13.2. The van der Waals surface area contributed by atoms with Crippen molar-refractivity contribution in [3.8, 4) is 0 Å². The van der Waals surface area contributed by atoms with Crippen molar-refractivity contribution in [2.45, 2.75) is 12.2 Å². The summed E-state index contributed by atoms with van der Waals surface area (Å²) in [4.78, 5) is 10.3. The third-order valence-corrected chi connectivity index (χ3v) is 2.75. The number of benzene rings is 1. The maximum absolute atomic E-state index is 13.2. The van der Waals surface area contributed by atoms with Crippen LogP contribution in [0.4, 0.5) is 8.78 Å². The molecule has 3 nitrogen and oxygen atoms in total. The first-order valence-electron chi connectivity index (χ1n) is 4.37. The topological polar surface area (TPSA) is 57.5 Å². The molecule has 0 aliphatic rings. The molecular formula is C10H9BrF2O3. The Labute approximate surface area is 98.8 Å². The Kier molecular flexibility index (Phi) is 4.52. The molecule has 2 atom stereocenters. The number of alkyl halides is 1. The Balaban J connectivity index is 3.13. The molecule has 1 aromatic carbocycles. The predicted molar refractivity (Wildman–Crippen MR) is 56.5 cm³/mol. The highest BCUT2D eigenvalue weighted by Gasteiger charge is 2.20. The van der Waals surface area contributed by atoms with E-state index >= 15 is 0 Å². The summed E-state index contributed by atoms with van der Waals surface area (Å²) in [5.41, 5.74) is -0.808. The zero-order valence-corrected chi connectivity index (χ0v) is 9.62. The van der Waals surface area contributed by atoms with Gasteiger partial charge >= 0.3 is 0 Å². The predicted octanol–water partition coefficient (Wildman–Crippen LogP) is 1.57. The van der Waals surface area contributed by atoms with E-state index in [0.717, 1.165) is 12.1 Å². The molecule has 0 aliphatic heterocycles. The minimum atomic E-state index is -1.41. The molecule has 0 spiro atoms. The smallest absolute Gasteiger partial charge is 0.155 e. The standard InChI is InChI=1S/C10H9BrF2O3/c11-3-9(15)10(16)5-1-7(12)6(4-14)8(13)2-5/h1-2,4,9-10,15-16H,3H2. The molecule has 6 heteroatoms. The van der Waals surface area contributed by atoms with Crippen LogP contribution < -0.4 is 0 Å². The molecule has 0 aromatic heterocycles. The second-order valence-electron chi connectivity index (χ2n) is 3.18. The number of hydrogen-bond donors (Lipinski definition) is 2. The van der Waals surface area contributed by atoms with E-state index in [9.17, 15) is 23.8 Å². The normalized spacial score (nSPS) is 14.6. The highest BCUT2D eigenvalue weighted by molar-refractivity contribution is 9.09. The van der Waals surface area contributed by atoms with Crippen molar-refractivity contribution in [1.29, 1.82) is 0 Å². The minimum absolute atomic E-state index is 0.0573. The van der Waals surface area contributed by atoms with Crippen molar-refractivity contribution in [3.63, 3.8) is 0 Å². The summed E-state index contributed by atoms with van der Waals surface area (Å²) in [6, 6.07) is 1.65. The monoisotopic (exact) mass is 294 g/mol. The minimum Gasteiger partial charge on any atom is -0.389 e. The van der Waals surface area contributed by atoms with Crippen LogP contribution in [-0.4, -0.2) is 27.9 Å². The SMILES string of the molecule is O=Cc1c(F)cc(C(O)C(O)CBr)cc1F. The van der Waals surface area contributed by atoms with E-state index in [-0.39, 0.29) is 17.2 Å². The molecule has 0 fully saturated rings. The molecule has 0 radical (unpaired) electrons. The van der Waals surface area contributed by atoms with Crippen LogP contribution in [0.25, 0.3) is 0 Å². The summed E-state index contributed by atoms with van der Waals surface area (Å²) in [6.45, 7) is 0. The summed E-state index contributed by atoms with van der Waals surface area (Å²) in [6.07, 6.45) is -2.54. The molecule has 0 bridgehead atoms. The van der Waals surface area contributed by atoms with Crippen molar-refractivity contribution >= 4 is 22.2 Å². The lowest BCUT2D eigenvalue weighted by Gasteiger charge is -2.16. The summed E-state index contributed by atoms with van der Waals surface area (Å²) in [5, 5.41) is 18.8. The van der Waals surface area contributed by atoms with Gasteiger partial charge in [-0.2, -0.15) is 0 Å². The van der Waals surface area contributed by atoms with Gasteiger partial charge in [0.25, 0.3) is 0 Å². The van der Waals surface area contributed by atoms with E-state index in [1.54, 1.807) is 0 Å². The van der Waals surface area contributed by atoms with Gasteiger partial charge in [0.05, 0.1) is 11.7 Å². The number of aliphatic hydroxyl groups excluding tert-OH is 2. The van der Waals surface area contributed by atoms with Crippen LogP contribution >= 0.6 is 15.9 Å². The fraction of sp³-hybridized carbons (Fsp3) is 0.300. The van der Waals surface area contributed by atoms with E-state index in [0.29, 0.717) is 0 Å². The number of carbonyl (C=O) groups excluding carboxylic acids is 1. The molecule has 88 valence electrons. The molecule has 0 aliphatic carbocycles. The van der Waals surface area contributed by atoms with E-state index in [4.69, 9.17) is 0 Å². The van der Waals surface area contributed by atoms with Gasteiger partial charge in [-0.1, -0.05) is 15.9 Å². The van der Waals surface area contributed by atoms with Crippen LogP contribution in [0.2, 0.25) is 0 Å². The Morgan fingerprint density at radius 1 is 1.31 bits per heavy atom. The van der Waals surface area contributed by atoms with Crippen LogP contribution in [0.15, 0.2) is 12.1 Å². The van der Waals surface area contributed by atoms with E-state index in [1.165, 1.54) is 0 Å². The van der Waals surface area contributed by atoms with Crippen molar-refractivity contribution in [1.82, 2.24) is 0 Å². The molecule has 2 N–H and O–H groups in total. The highest BCUT2D eigenvalue weighted by Crippen LogP contribution is 2.22. The number of carbonyl (C=O) groups is 1. The lowest BCUT2D eigenvalue weighted by Crippen LogP contribution is -2.20. The highest BCUT2D eigenvalue weighted by atomic mass is 79.9. The van der Waals surface area contributed by atoms with Gasteiger partial charge in [0.2, 0.25) is 0 Å². The molecular weight excluding hydrogens is 286 g/mol.